The molecule has 184 valence electrons. The van der Waals surface area contributed by atoms with Gasteiger partial charge in [0.05, 0.1) is 0 Å². The number of aryl methyl sites for hydroxylation is 3. The molecule has 0 bridgehead atoms. The van der Waals surface area contributed by atoms with Gasteiger partial charge in [-0.2, -0.15) is 0 Å². The molecule has 3 aromatic rings. The first-order valence-corrected chi connectivity index (χ1v) is 12.1. The first-order valence-electron chi connectivity index (χ1n) is 12.1. The van der Waals surface area contributed by atoms with Crippen molar-refractivity contribution in [2.45, 2.75) is 59.7 Å². The quantitative estimate of drug-likeness (QED) is 0.444. The number of ether oxygens (including phenoxy) is 1. The van der Waals surface area contributed by atoms with Crippen molar-refractivity contribution < 1.29 is 14.3 Å². The molecule has 0 aliphatic heterocycles. The van der Waals surface area contributed by atoms with Crippen LogP contribution >= 0.6 is 0 Å². The SMILES string of the molecule is Cc1ccc(CN(C(=O)COc2ccc(C)c(C)c2)C(Cc2ccccc2)C(=O)NC(C)C)cc1. The Balaban J connectivity index is 1.90. The van der Waals surface area contributed by atoms with Gasteiger partial charge >= 0.3 is 0 Å². The summed E-state index contributed by atoms with van der Waals surface area (Å²) in [6.45, 7) is 10.1. The van der Waals surface area contributed by atoms with Crippen LogP contribution in [0.4, 0.5) is 0 Å². The molecule has 0 fully saturated rings. The predicted molar refractivity (Wildman–Crippen MR) is 140 cm³/mol. The molecule has 35 heavy (non-hydrogen) atoms. The molecule has 0 saturated heterocycles. The number of hydrogen-bond acceptors (Lipinski definition) is 3. The first kappa shape index (κ1) is 26.0. The summed E-state index contributed by atoms with van der Waals surface area (Å²) in [5.74, 6) is 0.238. The molecule has 0 spiro atoms. The average Bonchev–Trinajstić information content (AvgIpc) is 2.83. The maximum atomic E-state index is 13.6. The molecule has 0 aliphatic rings. The third-order valence-corrected chi connectivity index (χ3v) is 6.02. The van der Waals surface area contributed by atoms with E-state index in [1.165, 1.54) is 0 Å². The van der Waals surface area contributed by atoms with Crippen LogP contribution in [0.5, 0.6) is 5.75 Å². The van der Waals surface area contributed by atoms with Crippen molar-refractivity contribution in [2.24, 2.45) is 0 Å². The zero-order valence-electron chi connectivity index (χ0n) is 21.4. The van der Waals surface area contributed by atoms with E-state index in [0.29, 0.717) is 18.7 Å². The standard InChI is InChI=1S/C30H36N2O3/c1-21(2)31-30(34)28(18-25-9-7-6-8-10-25)32(19-26-14-11-22(3)12-15-26)29(33)20-35-27-16-13-23(4)24(5)17-27/h6-17,21,28H,18-20H2,1-5H3,(H,31,34). The minimum atomic E-state index is -0.669. The topological polar surface area (TPSA) is 58.6 Å². The highest BCUT2D eigenvalue weighted by atomic mass is 16.5. The van der Waals surface area contributed by atoms with Crippen molar-refractivity contribution in [3.8, 4) is 5.75 Å². The zero-order valence-corrected chi connectivity index (χ0v) is 21.4. The van der Waals surface area contributed by atoms with Gasteiger partial charge in [0.1, 0.15) is 11.8 Å². The van der Waals surface area contributed by atoms with Crippen LogP contribution in [0.15, 0.2) is 72.8 Å². The molecule has 1 atom stereocenters. The molecule has 0 heterocycles. The van der Waals surface area contributed by atoms with E-state index in [0.717, 1.165) is 27.8 Å². The van der Waals surface area contributed by atoms with Crippen LogP contribution in [0.1, 0.15) is 41.7 Å². The van der Waals surface area contributed by atoms with Crippen LogP contribution < -0.4 is 10.1 Å². The highest BCUT2D eigenvalue weighted by molar-refractivity contribution is 5.88. The van der Waals surface area contributed by atoms with E-state index in [1.807, 2.05) is 107 Å². The molecular formula is C30H36N2O3. The summed E-state index contributed by atoms with van der Waals surface area (Å²) in [4.78, 5) is 28.6. The smallest absolute Gasteiger partial charge is 0.261 e. The van der Waals surface area contributed by atoms with Gasteiger partial charge in [-0.05, 0) is 69.0 Å². The Hall–Kier alpha value is -3.60. The summed E-state index contributed by atoms with van der Waals surface area (Å²) < 4.78 is 5.88. The van der Waals surface area contributed by atoms with E-state index in [9.17, 15) is 9.59 Å². The van der Waals surface area contributed by atoms with Gasteiger partial charge in [-0.25, -0.2) is 0 Å². The van der Waals surface area contributed by atoms with E-state index in [1.54, 1.807) is 4.90 Å². The molecule has 0 aromatic heterocycles. The second-order valence-corrected chi connectivity index (χ2v) is 9.41. The van der Waals surface area contributed by atoms with E-state index in [2.05, 4.69) is 5.32 Å². The summed E-state index contributed by atoms with van der Waals surface area (Å²) in [5, 5.41) is 3.01. The zero-order chi connectivity index (χ0) is 25.4. The van der Waals surface area contributed by atoms with E-state index < -0.39 is 6.04 Å². The molecule has 5 heteroatoms. The Morgan fingerprint density at radius 1 is 0.857 bits per heavy atom. The Morgan fingerprint density at radius 3 is 2.17 bits per heavy atom. The van der Waals surface area contributed by atoms with Crippen LogP contribution in [0.2, 0.25) is 0 Å². The third-order valence-electron chi connectivity index (χ3n) is 6.02. The van der Waals surface area contributed by atoms with Crippen LogP contribution in [-0.4, -0.2) is 35.4 Å². The van der Waals surface area contributed by atoms with Crippen molar-refractivity contribution in [1.29, 1.82) is 0 Å². The highest BCUT2D eigenvalue weighted by Gasteiger charge is 2.31. The molecular weight excluding hydrogens is 436 g/mol. The minimum Gasteiger partial charge on any atom is -0.484 e. The molecule has 1 unspecified atom stereocenters. The second-order valence-electron chi connectivity index (χ2n) is 9.41. The molecule has 0 saturated carbocycles. The van der Waals surface area contributed by atoms with Crippen molar-refractivity contribution >= 4 is 11.8 Å². The fourth-order valence-corrected chi connectivity index (χ4v) is 3.86. The average molecular weight is 473 g/mol. The van der Waals surface area contributed by atoms with Crippen molar-refractivity contribution in [3.63, 3.8) is 0 Å². The van der Waals surface area contributed by atoms with Crippen LogP contribution in [0.25, 0.3) is 0 Å². The number of amides is 2. The van der Waals surface area contributed by atoms with Gasteiger partial charge < -0.3 is 15.0 Å². The molecule has 2 amide bonds. The van der Waals surface area contributed by atoms with Crippen molar-refractivity contribution in [1.82, 2.24) is 10.2 Å². The monoisotopic (exact) mass is 472 g/mol. The van der Waals surface area contributed by atoms with Gasteiger partial charge in [-0.3, -0.25) is 9.59 Å². The Labute approximate surface area is 209 Å². The van der Waals surface area contributed by atoms with Gasteiger partial charge in [0, 0.05) is 19.0 Å². The number of nitrogens with zero attached hydrogens (tertiary/aromatic N) is 1. The summed E-state index contributed by atoms with van der Waals surface area (Å²) in [6.07, 6.45) is 0.417. The van der Waals surface area contributed by atoms with Gasteiger partial charge in [0.15, 0.2) is 6.61 Å². The summed E-state index contributed by atoms with van der Waals surface area (Å²) in [7, 11) is 0. The van der Waals surface area contributed by atoms with E-state index in [4.69, 9.17) is 4.74 Å². The lowest BCUT2D eigenvalue weighted by atomic mass is 10.0. The predicted octanol–water partition coefficient (Wildman–Crippen LogP) is 5.16. The molecule has 0 radical (unpaired) electrons. The van der Waals surface area contributed by atoms with Crippen molar-refractivity contribution in [3.05, 3.63) is 101 Å². The van der Waals surface area contributed by atoms with Gasteiger partial charge in [0.25, 0.3) is 5.91 Å². The van der Waals surface area contributed by atoms with Crippen LogP contribution in [0.3, 0.4) is 0 Å². The third kappa shape index (κ3) is 7.71. The Morgan fingerprint density at radius 2 is 1.54 bits per heavy atom. The number of nitrogens with one attached hydrogen (secondary N) is 1. The molecule has 0 aliphatic carbocycles. The van der Waals surface area contributed by atoms with Gasteiger partial charge in [-0.15, -0.1) is 0 Å². The second kappa shape index (κ2) is 12.2. The number of carbonyl (C=O) groups is 2. The van der Waals surface area contributed by atoms with E-state index in [-0.39, 0.29) is 24.5 Å². The maximum Gasteiger partial charge on any atom is 0.261 e. The molecule has 3 aromatic carbocycles. The number of benzene rings is 3. The highest BCUT2D eigenvalue weighted by Crippen LogP contribution is 2.19. The van der Waals surface area contributed by atoms with Gasteiger partial charge in [0.2, 0.25) is 5.91 Å². The Kier molecular flexibility index (Phi) is 9.07. The number of hydrogen-bond donors (Lipinski definition) is 1. The van der Waals surface area contributed by atoms with Gasteiger partial charge in [-0.1, -0.05) is 66.2 Å². The minimum absolute atomic E-state index is 0.0381. The first-order chi connectivity index (χ1) is 16.7. The lowest BCUT2D eigenvalue weighted by Gasteiger charge is -2.32. The van der Waals surface area contributed by atoms with Crippen LogP contribution in [-0.2, 0) is 22.6 Å². The summed E-state index contributed by atoms with van der Waals surface area (Å²) in [5.41, 5.74) is 5.37. The summed E-state index contributed by atoms with van der Waals surface area (Å²) >= 11 is 0. The lowest BCUT2D eigenvalue weighted by Crippen LogP contribution is -2.52. The largest absolute Gasteiger partial charge is 0.484 e. The molecule has 3 rings (SSSR count). The van der Waals surface area contributed by atoms with Crippen LogP contribution in [0, 0.1) is 20.8 Å². The Bertz CT molecular complexity index is 1120. The van der Waals surface area contributed by atoms with Crippen molar-refractivity contribution in [2.75, 3.05) is 6.61 Å². The maximum absolute atomic E-state index is 13.6. The number of carbonyl (C=O) groups excluding carboxylic acids is 2. The molecule has 5 nitrogen and oxygen atoms in total. The number of rotatable bonds is 10. The lowest BCUT2D eigenvalue weighted by molar-refractivity contribution is -0.143. The summed E-state index contributed by atoms with van der Waals surface area (Å²) in [6, 6.07) is 22.9. The molecule has 1 N–H and O–H groups in total. The fourth-order valence-electron chi connectivity index (χ4n) is 3.86. The fraction of sp³-hybridized carbons (Fsp3) is 0.333. The normalized spacial score (nSPS) is 11.7. The van der Waals surface area contributed by atoms with E-state index >= 15 is 0 Å².